The molecule has 0 saturated heterocycles. The smallest absolute Gasteiger partial charge is 0.341 e. The molecule has 0 saturated carbocycles. The fourth-order valence-corrected chi connectivity index (χ4v) is 1.70. The van der Waals surface area contributed by atoms with Crippen LogP contribution in [-0.4, -0.2) is 42.8 Å². The molecule has 0 spiro atoms. The van der Waals surface area contributed by atoms with Crippen molar-refractivity contribution in [3.05, 3.63) is 28.8 Å². The van der Waals surface area contributed by atoms with Gasteiger partial charge in [-0.3, -0.25) is 0 Å². The number of rotatable bonds is 6. The zero-order valence-corrected chi connectivity index (χ0v) is 12.7. The van der Waals surface area contributed by atoms with Crippen LogP contribution < -0.4 is 0 Å². The predicted molar refractivity (Wildman–Crippen MR) is 76.0 cm³/mol. The SMILES string of the molecule is CCOC(=O)c1cc(C(=O)OCC)c(O)c(C(=O)OCC)c1. The summed E-state index contributed by atoms with van der Waals surface area (Å²) < 4.78 is 14.4. The van der Waals surface area contributed by atoms with E-state index < -0.39 is 23.7 Å². The molecule has 22 heavy (non-hydrogen) atoms. The third-order valence-corrected chi connectivity index (χ3v) is 2.61. The van der Waals surface area contributed by atoms with Crippen molar-refractivity contribution in [2.75, 3.05) is 19.8 Å². The van der Waals surface area contributed by atoms with Gasteiger partial charge in [0.2, 0.25) is 0 Å². The Kier molecular flexibility index (Phi) is 6.37. The van der Waals surface area contributed by atoms with Gasteiger partial charge in [0.25, 0.3) is 0 Å². The van der Waals surface area contributed by atoms with Crippen molar-refractivity contribution in [1.82, 2.24) is 0 Å². The van der Waals surface area contributed by atoms with E-state index >= 15 is 0 Å². The van der Waals surface area contributed by atoms with Gasteiger partial charge in [-0.15, -0.1) is 0 Å². The fraction of sp³-hybridized carbons (Fsp3) is 0.400. The first-order valence-corrected chi connectivity index (χ1v) is 6.84. The minimum Gasteiger partial charge on any atom is -0.506 e. The van der Waals surface area contributed by atoms with Gasteiger partial charge in [0, 0.05) is 0 Å². The highest BCUT2D eigenvalue weighted by Crippen LogP contribution is 2.27. The largest absolute Gasteiger partial charge is 0.506 e. The van der Waals surface area contributed by atoms with Crippen molar-refractivity contribution in [3.8, 4) is 5.75 Å². The van der Waals surface area contributed by atoms with E-state index in [9.17, 15) is 19.5 Å². The van der Waals surface area contributed by atoms with E-state index in [2.05, 4.69) is 0 Å². The first kappa shape index (κ1) is 17.5. The van der Waals surface area contributed by atoms with Gasteiger partial charge in [-0.1, -0.05) is 0 Å². The van der Waals surface area contributed by atoms with Crippen LogP contribution in [0, 0.1) is 0 Å². The van der Waals surface area contributed by atoms with Crippen LogP contribution in [0.15, 0.2) is 12.1 Å². The summed E-state index contributed by atoms with van der Waals surface area (Å²) >= 11 is 0. The van der Waals surface area contributed by atoms with Gasteiger partial charge in [-0.05, 0) is 32.9 Å². The summed E-state index contributed by atoms with van der Waals surface area (Å²) in [4.78, 5) is 35.5. The molecule has 0 heterocycles. The highest BCUT2D eigenvalue weighted by molar-refractivity contribution is 6.04. The normalized spacial score (nSPS) is 9.95. The number of hydrogen-bond donors (Lipinski definition) is 1. The molecular weight excluding hydrogens is 292 g/mol. The molecule has 7 nitrogen and oxygen atoms in total. The Morgan fingerprint density at radius 1 is 0.818 bits per heavy atom. The first-order chi connectivity index (χ1) is 10.5. The monoisotopic (exact) mass is 310 g/mol. The molecule has 0 radical (unpaired) electrons. The Labute approximate surface area is 127 Å². The number of esters is 3. The number of benzene rings is 1. The van der Waals surface area contributed by atoms with Crippen molar-refractivity contribution < 1.29 is 33.7 Å². The van der Waals surface area contributed by atoms with Crippen LogP contribution in [0.3, 0.4) is 0 Å². The summed E-state index contributed by atoms with van der Waals surface area (Å²) in [5.41, 5.74) is -0.642. The van der Waals surface area contributed by atoms with Crippen molar-refractivity contribution in [2.24, 2.45) is 0 Å². The molecule has 0 aliphatic carbocycles. The van der Waals surface area contributed by atoms with Gasteiger partial charge in [-0.25, -0.2) is 14.4 Å². The lowest BCUT2D eigenvalue weighted by Gasteiger charge is -2.11. The van der Waals surface area contributed by atoms with E-state index in [1.807, 2.05) is 0 Å². The number of aromatic hydroxyl groups is 1. The lowest BCUT2D eigenvalue weighted by atomic mass is 10.0. The summed E-state index contributed by atoms with van der Waals surface area (Å²) in [6.07, 6.45) is 0. The molecule has 0 aliphatic rings. The fourth-order valence-electron chi connectivity index (χ4n) is 1.70. The molecule has 0 aromatic heterocycles. The van der Waals surface area contributed by atoms with Gasteiger partial charge < -0.3 is 19.3 Å². The van der Waals surface area contributed by atoms with Crippen LogP contribution in [0.2, 0.25) is 0 Å². The molecule has 1 aromatic carbocycles. The Morgan fingerprint density at radius 2 is 1.18 bits per heavy atom. The van der Waals surface area contributed by atoms with Crippen LogP contribution in [0.5, 0.6) is 5.75 Å². The lowest BCUT2D eigenvalue weighted by Crippen LogP contribution is -2.14. The number of hydrogen-bond acceptors (Lipinski definition) is 7. The summed E-state index contributed by atoms with van der Waals surface area (Å²) in [5, 5.41) is 10.1. The highest BCUT2D eigenvalue weighted by Gasteiger charge is 2.24. The molecule has 1 N–H and O–H groups in total. The predicted octanol–water partition coefficient (Wildman–Crippen LogP) is 1.92. The topological polar surface area (TPSA) is 99.1 Å². The summed E-state index contributed by atoms with van der Waals surface area (Å²) in [6, 6.07) is 2.24. The minimum atomic E-state index is -0.850. The van der Waals surface area contributed by atoms with Gasteiger partial charge in [0.15, 0.2) is 0 Å². The zero-order valence-electron chi connectivity index (χ0n) is 12.7. The van der Waals surface area contributed by atoms with Crippen molar-refractivity contribution >= 4 is 17.9 Å². The van der Waals surface area contributed by atoms with Gasteiger partial charge in [0.1, 0.15) is 16.9 Å². The van der Waals surface area contributed by atoms with Gasteiger partial charge in [0.05, 0.1) is 25.4 Å². The summed E-state index contributed by atoms with van der Waals surface area (Å²) in [7, 11) is 0. The Hall–Kier alpha value is -2.57. The van der Waals surface area contributed by atoms with Gasteiger partial charge in [-0.2, -0.15) is 0 Å². The number of phenolic OH excluding ortho intramolecular Hbond substituents is 1. The number of carbonyl (C=O) groups excluding carboxylic acids is 3. The quantitative estimate of drug-likeness (QED) is 0.633. The van der Waals surface area contributed by atoms with Gasteiger partial charge >= 0.3 is 17.9 Å². The average molecular weight is 310 g/mol. The van der Waals surface area contributed by atoms with Crippen molar-refractivity contribution in [1.29, 1.82) is 0 Å². The second kappa shape index (κ2) is 8.02. The third kappa shape index (κ3) is 3.97. The van der Waals surface area contributed by atoms with Crippen LogP contribution in [0.1, 0.15) is 51.8 Å². The Bertz CT molecular complexity index is 538. The second-order valence-corrected chi connectivity index (χ2v) is 4.08. The molecule has 0 unspecified atom stereocenters. The average Bonchev–Trinajstić information content (AvgIpc) is 2.48. The minimum absolute atomic E-state index is 0.0502. The molecule has 0 aliphatic heterocycles. The first-order valence-electron chi connectivity index (χ1n) is 6.84. The Morgan fingerprint density at radius 3 is 1.55 bits per heavy atom. The molecule has 1 aromatic rings. The van der Waals surface area contributed by atoms with E-state index in [-0.39, 0.29) is 36.5 Å². The van der Waals surface area contributed by atoms with Crippen LogP contribution in [0.4, 0.5) is 0 Å². The molecule has 0 bridgehead atoms. The third-order valence-electron chi connectivity index (χ3n) is 2.61. The maximum absolute atomic E-state index is 11.8. The standard InChI is InChI=1S/C15H18O7/c1-4-20-13(17)9-7-10(14(18)21-5-2)12(16)11(8-9)15(19)22-6-3/h7-8,16H,4-6H2,1-3H3. The van der Waals surface area contributed by atoms with Crippen LogP contribution in [-0.2, 0) is 14.2 Å². The number of ether oxygens (including phenoxy) is 3. The van der Waals surface area contributed by atoms with Crippen LogP contribution >= 0.6 is 0 Å². The summed E-state index contributed by atoms with van der Waals surface area (Å²) in [6.45, 7) is 5.10. The Balaban J connectivity index is 3.39. The van der Waals surface area contributed by atoms with E-state index in [0.717, 1.165) is 12.1 Å². The molecule has 0 atom stereocenters. The van der Waals surface area contributed by atoms with Crippen LogP contribution in [0.25, 0.3) is 0 Å². The van der Waals surface area contributed by atoms with E-state index in [1.165, 1.54) is 0 Å². The van der Waals surface area contributed by atoms with E-state index in [0.29, 0.717) is 0 Å². The summed E-state index contributed by atoms with van der Waals surface area (Å²) in [5.74, 6) is -3.02. The molecule has 7 heteroatoms. The molecule has 0 amide bonds. The number of carbonyl (C=O) groups is 3. The molecule has 0 fully saturated rings. The second-order valence-electron chi connectivity index (χ2n) is 4.08. The van der Waals surface area contributed by atoms with Crippen molar-refractivity contribution in [2.45, 2.75) is 20.8 Å². The maximum Gasteiger partial charge on any atom is 0.341 e. The zero-order chi connectivity index (χ0) is 16.7. The van der Waals surface area contributed by atoms with E-state index in [4.69, 9.17) is 14.2 Å². The molecule has 1 rings (SSSR count). The number of phenols is 1. The van der Waals surface area contributed by atoms with E-state index in [1.54, 1.807) is 20.8 Å². The maximum atomic E-state index is 11.8. The lowest BCUT2D eigenvalue weighted by molar-refractivity contribution is 0.0518. The van der Waals surface area contributed by atoms with Crippen molar-refractivity contribution in [3.63, 3.8) is 0 Å². The molecule has 120 valence electrons. The highest BCUT2D eigenvalue weighted by atomic mass is 16.5. The molecular formula is C15H18O7.